The highest BCUT2D eigenvalue weighted by Gasteiger charge is 2.33. The lowest BCUT2D eigenvalue weighted by atomic mass is 9.54. The van der Waals surface area contributed by atoms with Crippen LogP contribution in [-0.4, -0.2) is 69.5 Å². The van der Waals surface area contributed by atoms with Crippen molar-refractivity contribution in [3.63, 3.8) is 0 Å². The number of hydrogen-bond acceptors (Lipinski definition) is 4. The van der Waals surface area contributed by atoms with Crippen LogP contribution in [0.4, 0.5) is 5.82 Å². The van der Waals surface area contributed by atoms with Crippen LogP contribution < -0.4 is 10.6 Å². The Labute approximate surface area is 125 Å². The van der Waals surface area contributed by atoms with Crippen LogP contribution in [0.2, 0.25) is 0 Å². The second kappa shape index (κ2) is 4.60. The molecule has 2 rings (SSSR count). The van der Waals surface area contributed by atoms with Crippen LogP contribution in [0.15, 0.2) is 6.07 Å². The topological polar surface area (TPSA) is 46.3 Å². The van der Waals surface area contributed by atoms with Gasteiger partial charge < -0.3 is 4.90 Å². The lowest BCUT2D eigenvalue weighted by molar-refractivity contribution is 0.650. The van der Waals surface area contributed by atoms with Gasteiger partial charge in [-0.3, -0.25) is 0 Å². The molecule has 2 heterocycles. The molecule has 100 valence electrons. The van der Waals surface area contributed by atoms with E-state index in [4.69, 9.17) is 0 Å². The van der Waals surface area contributed by atoms with Crippen molar-refractivity contribution in [3.8, 4) is 0 Å². The number of rotatable bonds is 3. The summed E-state index contributed by atoms with van der Waals surface area (Å²) in [5.74, 6) is 1.70. The van der Waals surface area contributed by atoms with Crippen molar-refractivity contribution in [2.45, 2.75) is 31.4 Å². The predicted molar refractivity (Wildman–Crippen MR) is 97.2 cm³/mol. The summed E-state index contributed by atoms with van der Waals surface area (Å²) in [7, 11) is 10.7. The Balaban J connectivity index is 2.77. The van der Waals surface area contributed by atoms with Gasteiger partial charge in [0.15, 0.2) is 7.85 Å². The summed E-state index contributed by atoms with van der Waals surface area (Å²) in [5.41, 5.74) is 1.70. The van der Waals surface area contributed by atoms with E-state index in [9.17, 15) is 0 Å². The van der Waals surface area contributed by atoms with E-state index in [0.29, 0.717) is 5.78 Å². The van der Waals surface area contributed by atoms with Crippen molar-refractivity contribution in [3.05, 3.63) is 11.8 Å². The third kappa shape index (κ3) is 2.74. The number of aromatic nitrogens is 4. The molecule has 0 aliphatic heterocycles. The first-order valence-corrected chi connectivity index (χ1v) is 7.01. The van der Waals surface area contributed by atoms with Crippen LogP contribution in [0.3, 0.4) is 0 Å². The van der Waals surface area contributed by atoms with Crippen LogP contribution in [-0.2, 0) is 0 Å². The van der Waals surface area contributed by atoms with Gasteiger partial charge in [0.25, 0.3) is 5.78 Å². The van der Waals surface area contributed by atoms with E-state index < -0.39 is 0 Å². The lowest BCUT2D eigenvalue weighted by Crippen LogP contribution is -2.61. The van der Waals surface area contributed by atoms with Crippen molar-refractivity contribution < 1.29 is 0 Å². The Kier molecular flexibility index (Phi) is 3.47. The van der Waals surface area contributed by atoms with Crippen molar-refractivity contribution in [1.82, 2.24) is 19.6 Å². The average molecular weight is 264 g/mol. The fraction of sp³-hybridized carbons (Fsp3) is 0.500. The fourth-order valence-corrected chi connectivity index (χ4v) is 2.92. The van der Waals surface area contributed by atoms with Crippen LogP contribution in [0.25, 0.3) is 5.78 Å². The number of nitrogens with zero attached hydrogens (tertiary/aromatic N) is 5. The van der Waals surface area contributed by atoms with E-state index >= 15 is 0 Å². The minimum Gasteiger partial charge on any atom is -0.377 e. The molecular weight excluding hydrogens is 244 g/mol. The Morgan fingerprint density at radius 3 is 2.15 bits per heavy atom. The normalized spacial score (nSPS) is 12.8. The Hall–Kier alpha value is -1.33. The van der Waals surface area contributed by atoms with E-state index in [1.165, 1.54) is 0 Å². The molecule has 0 aromatic carbocycles. The second-order valence-electron chi connectivity index (χ2n) is 7.30. The molecule has 0 spiro atoms. The summed E-state index contributed by atoms with van der Waals surface area (Å²) in [5, 5.41) is 4.45. The van der Waals surface area contributed by atoms with E-state index in [1.54, 1.807) is 0 Å². The first kappa shape index (κ1) is 15.1. The maximum Gasteiger partial charge on any atom is 0.253 e. The fourth-order valence-electron chi connectivity index (χ4n) is 2.92. The lowest BCUT2D eigenvalue weighted by Gasteiger charge is -2.48. The van der Waals surface area contributed by atoms with Crippen molar-refractivity contribution in [1.29, 1.82) is 0 Å². The number of fused-ring (bicyclic) bond motifs is 1. The second-order valence-corrected chi connectivity index (χ2v) is 7.30. The molecule has 0 radical (unpaired) electrons. The van der Waals surface area contributed by atoms with Crippen molar-refractivity contribution >= 4 is 56.6 Å². The summed E-state index contributed by atoms with van der Waals surface area (Å²) in [6.07, 6.45) is 0. The number of hydrogen-bond donors (Lipinski definition) is 0. The van der Waals surface area contributed by atoms with E-state index in [1.807, 2.05) is 19.3 Å². The number of anilines is 1. The maximum atomic E-state index is 4.50. The molecule has 20 heavy (non-hydrogen) atoms. The van der Waals surface area contributed by atoms with Gasteiger partial charge in [-0.2, -0.15) is 9.61 Å². The van der Waals surface area contributed by atoms with Crippen LogP contribution in [0, 0.1) is 6.92 Å². The highest BCUT2D eigenvalue weighted by atomic mass is 15.4. The summed E-state index contributed by atoms with van der Waals surface area (Å²) in [6.45, 7) is 6.42. The standard InChI is InChI=1S/C10H20B5N5/c1-5-4-6(19-8(16-5)17-7(11)18-19)20(9(2,12)13)10(3,14)15/h4H,11-15H2,1-3H3. The first-order chi connectivity index (χ1) is 9.00. The minimum atomic E-state index is -0.0289. The molecule has 2 aromatic heterocycles. The monoisotopic (exact) mass is 265 g/mol. The van der Waals surface area contributed by atoms with Gasteiger partial charge >= 0.3 is 0 Å². The molecule has 0 saturated heterocycles. The molecule has 10 heteroatoms. The molecule has 2 aromatic rings. The molecule has 0 unspecified atom stereocenters. The molecule has 0 saturated carbocycles. The van der Waals surface area contributed by atoms with Gasteiger partial charge in [0.2, 0.25) is 0 Å². The first-order valence-electron chi connectivity index (χ1n) is 7.01. The molecule has 0 aliphatic rings. The summed E-state index contributed by atoms with van der Waals surface area (Å²) in [4.78, 5) is 11.2. The van der Waals surface area contributed by atoms with Gasteiger partial charge in [-0.25, -0.2) is 9.97 Å². The van der Waals surface area contributed by atoms with Crippen molar-refractivity contribution in [2.75, 3.05) is 4.90 Å². The Bertz CT molecular complexity index is 628. The largest absolute Gasteiger partial charge is 0.377 e. The van der Waals surface area contributed by atoms with E-state index in [-0.39, 0.29) is 10.7 Å². The molecule has 0 fully saturated rings. The predicted octanol–water partition coefficient (Wildman–Crippen LogP) is -4.62. The zero-order chi connectivity index (χ0) is 15.3. The number of aryl methyl sites for hydroxylation is 1. The summed E-state index contributed by atoms with van der Waals surface area (Å²) in [6, 6.07) is 2.08. The van der Waals surface area contributed by atoms with Gasteiger partial charge in [0.1, 0.15) is 42.9 Å². The van der Waals surface area contributed by atoms with Crippen LogP contribution in [0.1, 0.15) is 19.5 Å². The molecule has 5 nitrogen and oxygen atoms in total. The maximum absolute atomic E-state index is 4.50. The third-order valence-electron chi connectivity index (χ3n) is 3.10. The highest BCUT2D eigenvalue weighted by molar-refractivity contribution is 6.47. The zero-order valence-electron chi connectivity index (χ0n) is 13.8. The van der Waals surface area contributed by atoms with Gasteiger partial charge in [-0.05, 0) is 17.6 Å². The highest BCUT2D eigenvalue weighted by Crippen LogP contribution is 2.26. The van der Waals surface area contributed by atoms with E-state index in [2.05, 4.69) is 71.3 Å². The van der Waals surface area contributed by atoms with Crippen LogP contribution in [0.5, 0.6) is 0 Å². The minimum absolute atomic E-state index is 0.0289. The quantitative estimate of drug-likeness (QED) is 0.523. The average Bonchev–Trinajstić information content (AvgIpc) is 2.53. The van der Waals surface area contributed by atoms with Gasteiger partial charge in [-0.15, -0.1) is 0 Å². The molecule has 0 aliphatic carbocycles. The Morgan fingerprint density at radius 1 is 1.10 bits per heavy atom. The third-order valence-corrected chi connectivity index (χ3v) is 3.10. The van der Waals surface area contributed by atoms with Gasteiger partial charge in [0, 0.05) is 11.8 Å². The molecule has 0 amide bonds. The smallest absolute Gasteiger partial charge is 0.253 e. The van der Waals surface area contributed by atoms with E-state index in [0.717, 1.165) is 17.2 Å². The molecule has 0 N–H and O–H groups in total. The van der Waals surface area contributed by atoms with Crippen molar-refractivity contribution in [2.24, 2.45) is 0 Å². The summed E-state index contributed by atoms with van der Waals surface area (Å²) >= 11 is 0. The van der Waals surface area contributed by atoms with Gasteiger partial charge in [-0.1, -0.05) is 13.8 Å². The Morgan fingerprint density at radius 2 is 1.65 bits per heavy atom. The van der Waals surface area contributed by atoms with Crippen LogP contribution >= 0.6 is 0 Å². The van der Waals surface area contributed by atoms with Gasteiger partial charge in [0.05, 0.1) is 0 Å². The zero-order valence-corrected chi connectivity index (χ0v) is 13.8. The summed E-state index contributed by atoms with van der Waals surface area (Å²) < 4.78 is 1.85. The SMILES string of the molecule is Bc1nc2nc(C)cc(N(C(B)(B)C)C(B)(B)C)n2n1. The molecule has 0 bridgehead atoms. The molecule has 0 atom stereocenters. The molecular formula is C10H20B5N5.